The van der Waals surface area contributed by atoms with Gasteiger partial charge in [0.05, 0.1) is 26.9 Å². The van der Waals surface area contributed by atoms with Crippen LogP contribution in [0.4, 0.5) is 5.69 Å². The first-order chi connectivity index (χ1) is 12.7. The SMILES string of the molecule is COc1cc([C@H]2Nc3ccccc3C(=O)N2C2CC2)cc(OC)c1OC. The summed E-state index contributed by atoms with van der Waals surface area (Å²) in [7, 11) is 4.76. The number of nitrogens with one attached hydrogen (secondary N) is 1. The first kappa shape index (κ1) is 16.6. The van der Waals surface area contributed by atoms with Gasteiger partial charge < -0.3 is 24.4 Å². The lowest BCUT2D eigenvalue weighted by atomic mass is 10.0. The molecule has 2 aliphatic rings. The van der Waals surface area contributed by atoms with Gasteiger partial charge in [-0.1, -0.05) is 12.1 Å². The Morgan fingerprint density at radius 3 is 2.23 bits per heavy atom. The summed E-state index contributed by atoms with van der Waals surface area (Å²) in [5.41, 5.74) is 2.45. The van der Waals surface area contributed by atoms with Crippen LogP contribution in [0.1, 0.15) is 34.9 Å². The second-order valence-electron chi connectivity index (χ2n) is 6.49. The summed E-state index contributed by atoms with van der Waals surface area (Å²) in [5, 5.41) is 3.51. The number of fused-ring (bicyclic) bond motifs is 1. The van der Waals surface area contributed by atoms with Gasteiger partial charge in [0, 0.05) is 17.3 Å². The minimum atomic E-state index is -0.279. The number of ether oxygens (including phenoxy) is 3. The Hall–Kier alpha value is -2.89. The molecule has 4 rings (SSSR count). The van der Waals surface area contributed by atoms with E-state index in [9.17, 15) is 4.79 Å². The topological polar surface area (TPSA) is 60.0 Å². The van der Waals surface area contributed by atoms with Crippen LogP contribution in [0.15, 0.2) is 36.4 Å². The molecular formula is C20H22N2O4. The van der Waals surface area contributed by atoms with Gasteiger partial charge in [-0.2, -0.15) is 0 Å². The molecule has 2 aromatic carbocycles. The molecule has 1 amide bonds. The zero-order chi connectivity index (χ0) is 18.3. The molecule has 1 fully saturated rings. The summed E-state index contributed by atoms with van der Waals surface area (Å²) in [4.78, 5) is 15.0. The van der Waals surface area contributed by atoms with Crippen LogP contribution in [-0.2, 0) is 0 Å². The zero-order valence-corrected chi connectivity index (χ0v) is 15.1. The molecule has 1 aliphatic carbocycles. The molecule has 136 valence electrons. The van der Waals surface area contributed by atoms with Crippen LogP contribution in [0.5, 0.6) is 17.2 Å². The number of para-hydroxylation sites is 1. The van der Waals surface area contributed by atoms with Crippen LogP contribution in [0.3, 0.4) is 0 Å². The molecule has 1 saturated carbocycles. The second kappa shape index (κ2) is 6.44. The van der Waals surface area contributed by atoms with Crippen molar-refractivity contribution in [1.29, 1.82) is 0 Å². The zero-order valence-electron chi connectivity index (χ0n) is 15.1. The molecule has 26 heavy (non-hydrogen) atoms. The van der Waals surface area contributed by atoms with E-state index >= 15 is 0 Å². The van der Waals surface area contributed by atoms with Gasteiger partial charge >= 0.3 is 0 Å². The van der Waals surface area contributed by atoms with Gasteiger partial charge in [-0.3, -0.25) is 4.79 Å². The van der Waals surface area contributed by atoms with Crippen molar-refractivity contribution in [3.63, 3.8) is 0 Å². The Labute approximate surface area is 152 Å². The fourth-order valence-corrected chi connectivity index (χ4v) is 3.50. The summed E-state index contributed by atoms with van der Waals surface area (Å²) < 4.78 is 16.4. The largest absolute Gasteiger partial charge is 0.493 e. The highest BCUT2D eigenvalue weighted by Gasteiger charge is 2.42. The molecule has 0 radical (unpaired) electrons. The van der Waals surface area contributed by atoms with Crippen molar-refractivity contribution < 1.29 is 19.0 Å². The Morgan fingerprint density at radius 1 is 1.00 bits per heavy atom. The van der Waals surface area contributed by atoms with Crippen LogP contribution in [-0.4, -0.2) is 38.2 Å². The standard InChI is InChI=1S/C20H22N2O4/c1-24-16-10-12(11-17(25-2)18(16)26-3)19-21-15-7-5-4-6-14(15)20(23)22(19)13-8-9-13/h4-7,10-11,13,19,21H,8-9H2,1-3H3/t19-/m0/s1. The number of methoxy groups -OCH3 is 3. The Bertz CT molecular complexity index is 822. The van der Waals surface area contributed by atoms with Crippen molar-refractivity contribution in [2.75, 3.05) is 26.6 Å². The fourth-order valence-electron chi connectivity index (χ4n) is 3.50. The smallest absolute Gasteiger partial charge is 0.258 e. The van der Waals surface area contributed by atoms with E-state index in [1.54, 1.807) is 21.3 Å². The van der Waals surface area contributed by atoms with E-state index in [0.29, 0.717) is 22.8 Å². The van der Waals surface area contributed by atoms with E-state index in [1.165, 1.54) is 0 Å². The summed E-state index contributed by atoms with van der Waals surface area (Å²) in [6.45, 7) is 0. The predicted octanol–water partition coefficient (Wildman–Crippen LogP) is 3.44. The van der Waals surface area contributed by atoms with E-state index in [1.807, 2.05) is 41.3 Å². The predicted molar refractivity (Wildman–Crippen MR) is 98.1 cm³/mol. The third-order valence-electron chi connectivity index (χ3n) is 4.91. The molecule has 0 bridgehead atoms. The quantitative estimate of drug-likeness (QED) is 0.891. The minimum Gasteiger partial charge on any atom is -0.493 e. The monoisotopic (exact) mass is 354 g/mol. The van der Waals surface area contributed by atoms with Gasteiger partial charge in [-0.05, 0) is 37.1 Å². The first-order valence-corrected chi connectivity index (χ1v) is 8.66. The fraction of sp³-hybridized carbons (Fsp3) is 0.350. The lowest BCUT2D eigenvalue weighted by molar-refractivity contribution is 0.0666. The van der Waals surface area contributed by atoms with Crippen LogP contribution in [0, 0.1) is 0 Å². The molecule has 0 unspecified atom stereocenters. The Balaban J connectivity index is 1.82. The number of hydrogen-bond donors (Lipinski definition) is 1. The van der Waals surface area contributed by atoms with Crippen LogP contribution < -0.4 is 19.5 Å². The maximum Gasteiger partial charge on any atom is 0.258 e. The number of nitrogens with zero attached hydrogens (tertiary/aromatic N) is 1. The maximum absolute atomic E-state index is 13.1. The van der Waals surface area contributed by atoms with Gasteiger partial charge in [0.25, 0.3) is 5.91 Å². The number of carbonyl (C=O) groups is 1. The van der Waals surface area contributed by atoms with Crippen molar-refractivity contribution in [2.45, 2.75) is 25.0 Å². The van der Waals surface area contributed by atoms with Crippen LogP contribution in [0.25, 0.3) is 0 Å². The number of benzene rings is 2. The van der Waals surface area contributed by atoms with E-state index in [2.05, 4.69) is 5.32 Å². The molecular weight excluding hydrogens is 332 g/mol. The molecule has 1 aliphatic heterocycles. The van der Waals surface area contributed by atoms with Gasteiger partial charge in [0.1, 0.15) is 6.17 Å². The number of amides is 1. The normalized spacial score (nSPS) is 18.8. The molecule has 1 heterocycles. The molecule has 6 nitrogen and oxygen atoms in total. The van der Waals surface area contributed by atoms with Crippen molar-refractivity contribution in [1.82, 2.24) is 4.90 Å². The van der Waals surface area contributed by atoms with Crippen LogP contribution in [0.2, 0.25) is 0 Å². The highest BCUT2D eigenvalue weighted by atomic mass is 16.5. The molecule has 2 aromatic rings. The number of anilines is 1. The Kier molecular flexibility index (Phi) is 4.11. The van der Waals surface area contributed by atoms with Crippen molar-refractivity contribution in [2.24, 2.45) is 0 Å². The average molecular weight is 354 g/mol. The first-order valence-electron chi connectivity index (χ1n) is 8.66. The van der Waals surface area contributed by atoms with Gasteiger partial charge in [-0.15, -0.1) is 0 Å². The van der Waals surface area contributed by atoms with E-state index < -0.39 is 0 Å². The minimum absolute atomic E-state index is 0.0561. The van der Waals surface area contributed by atoms with E-state index in [4.69, 9.17) is 14.2 Å². The van der Waals surface area contributed by atoms with Crippen molar-refractivity contribution >= 4 is 11.6 Å². The number of hydrogen-bond acceptors (Lipinski definition) is 5. The highest BCUT2D eigenvalue weighted by Crippen LogP contribution is 2.45. The Morgan fingerprint density at radius 2 is 1.65 bits per heavy atom. The van der Waals surface area contributed by atoms with Gasteiger partial charge in [-0.25, -0.2) is 0 Å². The molecule has 6 heteroatoms. The van der Waals surface area contributed by atoms with Crippen molar-refractivity contribution in [3.8, 4) is 17.2 Å². The number of carbonyl (C=O) groups excluding carboxylic acids is 1. The third kappa shape index (κ3) is 2.62. The molecule has 1 N–H and O–H groups in total. The lowest BCUT2D eigenvalue weighted by Gasteiger charge is -2.38. The molecule has 0 aromatic heterocycles. The molecule has 1 atom stereocenters. The van der Waals surface area contributed by atoms with E-state index in [0.717, 1.165) is 24.1 Å². The lowest BCUT2D eigenvalue weighted by Crippen LogP contribution is -2.44. The summed E-state index contributed by atoms with van der Waals surface area (Å²) in [6.07, 6.45) is 1.77. The summed E-state index contributed by atoms with van der Waals surface area (Å²) in [5.74, 6) is 1.75. The second-order valence-corrected chi connectivity index (χ2v) is 6.49. The summed E-state index contributed by atoms with van der Waals surface area (Å²) >= 11 is 0. The molecule has 0 saturated heterocycles. The summed E-state index contributed by atoms with van der Waals surface area (Å²) in [6, 6.07) is 11.7. The van der Waals surface area contributed by atoms with Gasteiger partial charge in [0.2, 0.25) is 5.75 Å². The average Bonchev–Trinajstić information content (AvgIpc) is 3.51. The number of rotatable bonds is 5. The maximum atomic E-state index is 13.1. The van der Waals surface area contributed by atoms with Crippen LogP contribution >= 0.6 is 0 Å². The van der Waals surface area contributed by atoms with Crippen molar-refractivity contribution in [3.05, 3.63) is 47.5 Å². The highest BCUT2D eigenvalue weighted by molar-refractivity contribution is 6.02. The van der Waals surface area contributed by atoms with E-state index in [-0.39, 0.29) is 18.1 Å². The third-order valence-corrected chi connectivity index (χ3v) is 4.91. The van der Waals surface area contributed by atoms with Gasteiger partial charge in [0.15, 0.2) is 11.5 Å². The molecule has 0 spiro atoms.